The van der Waals surface area contributed by atoms with E-state index in [1.807, 2.05) is 0 Å². The lowest BCUT2D eigenvalue weighted by atomic mass is 10.1. The van der Waals surface area contributed by atoms with E-state index in [0.29, 0.717) is 27.5 Å². The van der Waals surface area contributed by atoms with Gasteiger partial charge in [-0.3, -0.25) is 9.59 Å². The standard InChI is InChI=1S/C25H21Cl2N3O5/c1-14-18(26)9-6-10-20(14)28-23(31)24(32)30-29-15(2)16-11-12-21(22(13-16)34-3)35-25(33)17-7-4-5-8-19(17)27/h4-13H,1-3H3,(H,28,31)(H,30,32)/b29-15+. The molecule has 0 saturated heterocycles. The quantitative estimate of drug-likeness (QED) is 0.158. The molecule has 0 saturated carbocycles. The molecule has 35 heavy (non-hydrogen) atoms. The Labute approximate surface area is 211 Å². The fourth-order valence-electron chi connectivity index (χ4n) is 2.93. The van der Waals surface area contributed by atoms with Crippen molar-refractivity contribution in [2.24, 2.45) is 5.10 Å². The van der Waals surface area contributed by atoms with Crippen molar-refractivity contribution in [3.63, 3.8) is 0 Å². The van der Waals surface area contributed by atoms with Crippen molar-refractivity contribution in [3.05, 3.63) is 87.4 Å². The van der Waals surface area contributed by atoms with E-state index >= 15 is 0 Å². The second-order valence-corrected chi connectivity index (χ2v) is 8.05. The van der Waals surface area contributed by atoms with E-state index in [9.17, 15) is 14.4 Å². The highest BCUT2D eigenvalue weighted by Crippen LogP contribution is 2.30. The Morgan fingerprint density at radius 2 is 1.60 bits per heavy atom. The molecule has 2 N–H and O–H groups in total. The molecule has 3 rings (SSSR count). The number of nitrogens with one attached hydrogen (secondary N) is 2. The van der Waals surface area contributed by atoms with Gasteiger partial charge in [0.05, 0.1) is 23.4 Å². The molecule has 0 fully saturated rings. The Hall–Kier alpha value is -3.88. The van der Waals surface area contributed by atoms with Gasteiger partial charge < -0.3 is 14.8 Å². The summed E-state index contributed by atoms with van der Waals surface area (Å²) in [7, 11) is 1.42. The van der Waals surface area contributed by atoms with Gasteiger partial charge in [-0.25, -0.2) is 10.2 Å². The van der Waals surface area contributed by atoms with Gasteiger partial charge in [0.25, 0.3) is 0 Å². The number of hydrazone groups is 1. The van der Waals surface area contributed by atoms with E-state index in [1.54, 1.807) is 68.4 Å². The van der Waals surface area contributed by atoms with Gasteiger partial charge in [-0.1, -0.05) is 41.4 Å². The first-order valence-corrected chi connectivity index (χ1v) is 11.0. The molecule has 0 aromatic heterocycles. The van der Waals surface area contributed by atoms with Gasteiger partial charge >= 0.3 is 17.8 Å². The highest BCUT2D eigenvalue weighted by atomic mass is 35.5. The molecule has 0 atom stereocenters. The van der Waals surface area contributed by atoms with Gasteiger partial charge in [0.15, 0.2) is 11.5 Å². The highest BCUT2D eigenvalue weighted by Gasteiger charge is 2.17. The second-order valence-electron chi connectivity index (χ2n) is 7.24. The fraction of sp³-hybridized carbons (Fsp3) is 0.120. The van der Waals surface area contributed by atoms with Crippen molar-refractivity contribution < 1.29 is 23.9 Å². The van der Waals surface area contributed by atoms with Gasteiger partial charge in [0.2, 0.25) is 0 Å². The van der Waals surface area contributed by atoms with Crippen LogP contribution in [0.3, 0.4) is 0 Å². The Balaban J connectivity index is 1.69. The SMILES string of the molecule is COc1cc(/C(C)=N/NC(=O)C(=O)Nc2cccc(Cl)c2C)ccc1OC(=O)c1ccccc1Cl. The minimum absolute atomic E-state index is 0.175. The van der Waals surface area contributed by atoms with Crippen molar-refractivity contribution in [3.8, 4) is 11.5 Å². The number of esters is 1. The molecule has 0 aliphatic heterocycles. The number of benzene rings is 3. The summed E-state index contributed by atoms with van der Waals surface area (Å²) >= 11 is 12.1. The molecule has 3 aromatic rings. The third-order valence-electron chi connectivity index (χ3n) is 4.93. The van der Waals surface area contributed by atoms with Crippen molar-refractivity contribution in [1.29, 1.82) is 0 Å². The van der Waals surface area contributed by atoms with Crippen LogP contribution in [0.2, 0.25) is 10.0 Å². The first kappa shape index (κ1) is 25.7. The van der Waals surface area contributed by atoms with Crippen LogP contribution in [-0.4, -0.2) is 30.6 Å². The minimum atomic E-state index is -0.957. The molecule has 0 bridgehead atoms. The van der Waals surface area contributed by atoms with Gasteiger partial charge in [0.1, 0.15) is 0 Å². The van der Waals surface area contributed by atoms with Crippen molar-refractivity contribution in [2.45, 2.75) is 13.8 Å². The van der Waals surface area contributed by atoms with Gasteiger partial charge in [-0.05, 0) is 61.9 Å². The Bertz CT molecular complexity index is 1320. The molecule has 8 nitrogen and oxygen atoms in total. The number of nitrogens with zero attached hydrogens (tertiary/aromatic N) is 1. The highest BCUT2D eigenvalue weighted by molar-refractivity contribution is 6.40. The number of rotatable bonds is 6. The minimum Gasteiger partial charge on any atom is -0.493 e. The number of methoxy groups -OCH3 is 1. The second kappa shape index (κ2) is 11.5. The lowest BCUT2D eigenvalue weighted by molar-refractivity contribution is -0.136. The van der Waals surface area contributed by atoms with Crippen LogP contribution in [0.15, 0.2) is 65.8 Å². The summed E-state index contributed by atoms with van der Waals surface area (Å²) in [6, 6.07) is 16.2. The molecule has 0 aliphatic carbocycles. The summed E-state index contributed by atoms with van der Waals surface area (Å²) in [6.45, 7) is 3.35. The third kappa shape index (κ3) is 6.38. The van der Waals surface area contributed by atoms with Crippen LogP contribution in [0.1, 0.15) is 28.4 Å². The smallest absolute Gasteiger partial charge is 0.345 e. The number of hydrogen-bond acceptors (Lipinski definition) is 6. The number of ether oxygens (including phenoxy) is 2. The average Bonchev–Trinajstić information content (AvgIpc) is 2.85. The summed E-state index contributed by atoms with van der Waals surface area (Å²) < 4.78 is 10.7. The molecule has 0 unspecified atom stereocenters. The molecule has 0 radical (unpaired) electrons. The Morgan fingerprint density at radius 1 is 0.886 bits per heavy atom. The third-order valence-corrected chi connectivity index (χ3v) is 5.66. The summed E-state index contributed by atoms with van der Waals surface area (Å²) in [5.41, 5.74) is 4.43. The number of hydrogen-bond donors (Lipinski definition) is 2. The monoisotopic (exact) mass is 513 g/mol. The molecule has 0 aliphatic rings. The molecular weight excluding hydrogens is 493 g/mol. The Kier molecular flexibility index (Phi) is 8.46. The molecule has 0 spiro atoms. The fourth-order valence-corrected chi connectivity index (χ4v) is 3.32. The maximum Gasteiger partial charge on any atom is 0.345 e. The van der Waals surface area contributed by atoms with Crippen LogP contribution in [0.4, 0.5) is 5.69 Å². The maximum atomic E-state index is 12.5. The van der Waals surface area contributed by atoms with E-state index in [4.69, 9.17) is 32.7 Å². The van der Waals surface area contributed by atoms with E-state index in [0.717, 1.165) is 0 Å². The van der Waals surface area contributed by atoms with E-state index in [-0.39, 0.29) is 22.1 Å². The summed E-state index contributed by atoms with van der Waals surface area (Å²) in [5, 5.41) is 7.19. The molecule has 3 aromatic carbocycles. The predicted octanol–water partition coefficient (Wildman–Crippen LogP) is 5.01. The van der Waals surface area contributed by atoms with Crippen LogP contribution in [-0.2, 0) is 9.59 Å². The number of amides is 2. The van der Waals surface area contributed by atoms with Crippen molar-refractivity contribution >= 4 is 52.4 Å². The molecule has 180 valence electrons. The molecular formula is C25H21Cl2N3O5. The maximum absolute atomic E-state index is 12.5. The van der Waals surface area contributed by atoms with Crippen LogP contribution in [0, 0.1) is 6.92 Å². The van der Waals surface area contributed by atoms with Crippen molar-refractivity contribution in [1.82, 2.24) is 5.43 Å². The normalized spacial score (nSPS) is 10.9. The zero-order valence-corrected chi connectivity index (χ0v) is 20.5. The lowest BCUT2D eigenvalue weighted by Gasteiger charge is -2.12. The summed E-state index contributed by atoms with van der Waals surface area (Å²) in [5.74, 6) is -2.06. The van der Waals surface area contributed by atoms with Crippen LogP contribution in [0.25, 0.3) is 0 Å². The van der Waals surface area contributed by atoms with Gasteiger partial charge in [-0.2, -0.15) is 5.10 Å². The van der Waals surface area contributed by atoms with Crippen molar-refractivity contribution in [2.75, 3.05) is 12.4 Å². The average molecular weight is 514 g/mol. The zero-order valence-electron chi connectivity index (χ0n) is 19.0. The van der Waals surface area contributed by atoms with Crippen LogP contribution >= 0.6 is 23.2 Å². The zero-order chi connectivity index (χ0) is 25.5. The molecule has 0 heterocycles. The lowest BCUT2D eigenvalue weighted by Crippen LogP contribution is -2.33. The van der Waals surface area contributed by atoms with E-state index in [1.165, 1.54) is 13.2 Å². The topological polar surface area (TPSA) is 106 Å². The first-order valence-electron chi connectivity index (χ1n) is 10.3. The first-order chi connectivity index (χ1) is 16.7. The summed E-state index contributed by atoms with van der Waals surface area (Å²) in [6.07, 6.45) is 0. The number of carbonyl (C=O) groups excluding carboxylic acids is 3. The largest absolute Gasteiger partial charge is 0.493 e. The number of anilines is 1. The molecule has 10 heteroatoms. The van der Waals surface area contributed by atoms with E-state index < -0.39 is 17.8 Å². The number of halogens is 2. The van der Waals surface area contributed by atoms with Gasteiger partial charge in [-0.15, -0.1) is 0 Å². The Morgan fingerprint density at radius 3 is 2.31 bits per heavy atom. The number of carbonyl (C=O) groups is 3. The van der Waals surface area contributed by atoms with Crippen LogP contribution in [0.5, 0.6) is 11.5 Å². The summed E-state index contributed by atoms with van der Waals surface area (Å²) in [4.78, 5) is 36.8. The van der Waals surface area contributed by atoms with E-state index in [2.05, 4.69) is 15.8 Å². The van der Waals surface area contributed by atoms with Gasteiger partial charge in [0, 0.05) is 16.3 Å². The van der Waals surface area contributed by atoms with Crippen LogP contribution < -0.4 is 20.2 Å². The molecule has 2 amide bonds. The predicted molar refractivity (Wildman–Crippen MR) is 135 cm³/mol.